The summed E-state index contributed by atoms with van der Waals surface area (Å²) in [6, 6.07) is 6.09. The molecule has 0 fully saturated rings. The van der Waals surface area contributed by atoms with Crippen LogP contribution in [0.3, 0.4) is 0 Å². The molecule has 0 saturated carbocycles. The van der Waals surface area contributed by atoms with Crippen LogP contribution in [0.5, 0.6) is 0 Å². The SMILES string of the molecule is O=C(O)C(O)c1ccc(CO)cc1. The van der Waals surface area contributed by atoms with Crippen LogP contribution in [-0.2, 0) is 11.4 Å². The highest BCUT2D eigenvalue weighted by Gasteiger charge is 2.14. The molecule has 1 aromatic carbocycles. The first-order valence-electron chi connectivity index (χ1n) is 3.75. The molecule has 0 amide bonds. The van der Waals surface area contributed by atoms with Crippen LogP contribution < -0.4 is 0 Å². The van der Waals surface area contributed by atoms with Gasteiger partial charge in [0, 0.05) is 0 Å². The highest BCUT2D eigenvalue weighted by molar-refractivity contribution is 5.73. The molecule has 4 nitrogen and oxygen atoms in total. The van der Waals surface area contributed by atoms with Crippen molar-refractivity contribution < 1.29 is 20.1 Å². The average molecular weight is 182 g/mol. The number of hydrogen-bond acceptors (Lipinski definition) is 3. The molecule has 0 bridgehead atoms. The van der Waals surface area contributed by atoms with Gasteiger partial charge in [0.25, 0.3) is 0 Å². The fourth-order valence-electron chi connectivity index (χ4n) is 0.948. The summed E-state index contributed by atoms with van der Waals surface area (Å²) in [7, 11) is 0. The second-order valence-corrected chi connectivity index (χ2v) is 2.64. The summed E-state index contributed by atoms with van der Waals surface area (Å²) in [4.78, 5) is 10.4. The van der Waals surface area contributed by atoms with Crippen molar-refractivity contribution in [2.75, 3.05) is 0 Å². The molecule has 0 heterocycles. The summed E-state index contributed by atoms with van der Waals surface area (Å²) < 4.78 is 0. The standard InChI is InChI=1S/C9H10O4/c10-5-6-1-3-7(4-2-6)8(11)9(12)13/h1-4,8,10-11H,5H2,(H,12,13). The number of aliphatic hydroxyl groups is 2. The lowest BCUT2D eigenvalue weighted by atomic mass is 10.1. The summed E-state index contributed by atoms with van der Waals surface area (Å²) >= 11 is 0. The minimum Gasteiger partial charge on any atom is -0.479 e. The minimum atomic E-state index is -1.49. The van der Waals surface area contributed by atoms with Gasteiger partial charge in [-0.05, 0) is 11.1 Å². The van der Waals surface area contributed by atoms with E-state index in [4.69, 9.17) is 15.3 Å². The molecule has 0 radical (unpaired) electrons. The predicted molar refractivity (Wildman–Crippen MR) is 45.0 cm³/mol. The van der Waals surface area contributed by atoms with Crippen molar-refractivity contribution in [2.45, 2.75) is 12.7 Å². The Kier molecular flexibility index (Phi) is 3.00. The first-order chi connectivity index (χ1) is 6.15. The molecule has 0 aromatic heterocycles. The fraction of sp³-hybridized carbons (Fsp3) is 0.222. The van der Waals surface area contributed by atoms with E-state index < -0.39 is 12.1 Å². The molecular weight excluding hydrogens is 172 g/mol. The third kappa shape index (κ3) is 2.27. The molecule has 3 N–H and O–H groups in total. The van der Waals surface area contributed by atoms with Crippen molar-refractivity contribution in [1.29, 1.82) is 0 Å². The summed E-state index contributed by atoms with van der Waals surface area (Å²) in [5.41, 5.74) is 0.992. The van der Waals surface area contributed by atoms with Crippen molar-refractivity contribution in [3.63, 3.8) is 0 Å². The highest BCUT2D eigenvalue weighted by Crippen LogP contribution is 2.13. The van der Waals surface area contributed by atoms with Gasteiger partial charge in [0.15, 0.2) is 6.10 Å². The van der Waals surface area contributed by atoms with E-state index in [-0.39, 0.29) is 6.61 Å². The number of carbonyl (C=O) groups is 1. The first-order valence-corrected chi connectivity index (χ1v) is 3.75. The second-order valence-electron chi connectivity index (χ2n) is 2.64. The Morgan fingerprint density at radius 2 is 1.85 bits per heavy atom. The molecule has 70 valence electrons. The molecular formula is C9H10O4. The van der Waals surface area contributed by atoms with Gasteiger partial charge in [-0.1, -0.05) is 24.3 Å². The van der Waals surface area contributed by atoms with Gasteiger partial charge >= 0.3 is 5.97 Å². The van der Waals surface area contributed by atoms with Gasteiger partial charge in [-0.2, -0.15) is 0 Å². The smallest absolute Gasteiger partial charge is 0.337 e. The van der Waals surface area contributed by atoms with Crippen molar-refractivity contribution >= 4 is 5.97 Å². The zero-order valence-electron chi connectivity index (χ0n) is 6.84. The summed E-state index contributed by atoms with van der Waals surface area (Å²) in [5, 5.41) is 26.3. The number of rotatable bonds is 3. The van der Waals surface area contributed by atoms with E-state index in [0.717, 1.165) is 0 Å². The van der Waals surface area contributed by atoms with Crippen LogP contribution in [0.1, 0.15) is 17.2 Å². The maximum Gasteiger partial charge on any atom is 0.337 e. The van der Waals surface area contributed by atoms with Crippen LogP contribution in [0.4, 0.5) is 0 Å². The Morgan fingerprint density at radius 3 is 2.23 bits per heavy atom. The van der Waals surface area contributed by atoms with E-state index in [0.29, 0.717) is 11.1 Å². The molecule has 1 unspecified atom stereocenters. The van der Waals surface area contributed by atoms with Gasteiger partial charge in [0.05, 0.1) is 6.61 Å². The normalized spacial score (nSPS) is 12.5. The minimum absolute atomic E-state index is 0.0938. The van der Waals surface area contributed by atoms with E-state index in [9.17, 15) is 4.79 Å². The fourth-order valence-corrected chi connectivity index (χ4v) is 0.948. The van der Waals surface area contributed by atoms with Gasteiger partial charge in [-0.25, -0.2) is 4.79 Å². The third-order valence-electron chi connectivity index (χ3n) is 1.71. The summed E-state index contributed by atoms with van der Waals surface area (Å²) in [5.74, 6) is -1.28. The number of carboxylic acid groups (broad SMARTS) is 1. The Hall–Kier alpha value is -1.39. The zero-order chi connectivity index (χ0) is 9.84. The van der Waals surface area contributed by atoms with Crippen LogP contribution in [0.15, 0.2) is 24.3 Å². The lowest BCUT2D eigenvalue weighted by Gasteiger charge is -2.05. The Labute approximate surface area is 75.1 Å². The quantitative estimate of drug-likeness (QED) is 0.628. The maximum absolute atomic E-state index is 10.4. The second kappa shape index (κ2) is 4.02. The number of hydrogen-bond donors (Lipinski definition) is 3. The van der Waals surface area contributed by atoms with Gasteiger partial charge in [0.1, 0.15) is 0 Å². The lowest BCUT2D eigenvalue weighted by Crippen LogP contribution is -2.10. The monoisotopic (exact) mass is 182 g/mol. The van der Waals surface area contributed by atoms with E-state index in [1.54, 1.807) is 12.1 Å². The summed E-state index contributed by atoms with van der Waals surface area (Å²) in [6.07, 6.45) is -1.49. The highest BCUT2D eigenvalue weighted by atomic mass is 16.4. The van der Waals surface area contributed by atoms with Crippen molar-refractivity contribution in [1.82, 2.24) is 0 Å². The molecule has 0 aliphatic carbocycles. The first kappa shape index (κ1) is 9.70. The van der Waals surface area contributed by atoms with E-state index in [1.807, 2.05) is 0 Å². The topological polar surface area (TPSA) is 77.8 Å². The molecule has 0 spiro atoms. The predicted octanol–water partition coefficient (Wildman–Crippen LogP) is 0.297. The van der Waals surface area contributed by atoms with Crippen LogP contribution in [0, 0.1) is 0 Å². The van der Waals surface area contributed by atoms with E-state index in [1.165, 1.54) is 12.1 Å². The lowest BCUT2D eigenvalue weighted by molar-refractivity contribution is -0.146. The van der Waals surface area contributed by atoms with Crippen LogP contribution in [0.25, 0.3) is 0 Å². The van der Waals surface area contributed by atoms with Crippen molar-refractivity contribution in [3.8, 4) is 0 Å². The number of benzene rings is 1. The van der Waals surface area contributed by atoms with Crippen molar-refractivity contribution in [3.05, 3.63) is 35.4 Å². The molecule has 1 rings (SSSR count). The van der Waals surface area contributed by atoms with E-state index >= 15 is 0 Å². The molecule has 4 heteroatoms. The average Bonchev–Trinajstić information content (AvgIpc) is 2.17. The van der Waals surface area contributed by atoms with Crippen LogP contribution in [0.2, 0.25) is 0 Å². The Morgan fingerprint density at radius 1 is 1.31 bits per heavy atom. The molecule has 0 aliphatic rings. The van der Waals surface area contributed by atoms with Gasteiger partial charge < -0.3 is 15.3 Å². The van der Waals surface area contributed by atoms with Crippen LogP contribution in [-0.4, -0.2) is 21.3 Å². The van der Waals surface area contributed by atoms with E-state index in [2.05, 4.69) is 0 Å². The molecule has 0 aliphatic heterocycles. The zero-order valence-corrected chi connectivity index (χ0v) is 6.84. The Balaban J connectivity index is 2.85. The maximum atomic E-state index is 10.4. The third-order valence-corrected chi connectivity index (χ3v) is 1.71. The van der Waals surface area contributed by atoms with Gasteiger partial charge in [-0.3, -0.25) is 0 Å². The largest absolute Gasteiger partial charge is 0.479 e. The Bertz CT molecular complexity index is 291. The molecule has 13 heavy (non-hydrogen) atoms. The van der Waals surface area contributed by atoms with Gasteiger partial charge in [-0.15, -0.1) is 0 Å². The number of aliphatic carboxylic acids is 1. The number of carboxylic acids is 1. The number of aliphatic hydroxyl groups excluding tert-OH is 2. The molecule has 0 saturated heterocycles. The van der Waals surface area contributed by atoms with Crippen LogP contribution >= 0.6 is 0 Å². The van der Waals surface area contributed by atoms with Gasteiger partial charge in [0.2, 0.25) is 0 Å². The molecule has 1 aromatic rings. The molecule has 1 atom stereocenters. The summed E-state index contributed by atoms with van der Waals surface area (Å²) in [6.45, 7) is -0.0938. The van der Waals surface area contributed by atoms with Crippen molar-refractivity contribution in [2.24, 2.45) is 0 Å².